The first-order valence-electron chi connectivity index (χ1n) is 6.12. The summed E-state index contributed by atoms with van der Waals surface area (Å²) in [6.07, 6.45) is 1.22. The van der Waals surface area contributed by atoms with Gasteiger partial charge in [0.2, 0.25) is 5.91 Å². The molecule has 0 bridgehead atoms. The lowest BCUT2D eigenvalue weighted by Crippen LogP contribution is -2.46. The first-order valence-corrected chi connectivity index (χ1v) is 6.91. The van der Waals surface area contributed by atoms with Crippen LogP contribution in [0.2, 0.25) is 0 Å². The molecule has 1 heterocycles. The van der Waals surface area contributed by atoms with E-state index in [1.54, 1.807) is 0 Å². The summed E-state index contributed by atoms with van der Waals surface area (Å²) in [6, 6.07) is 4.37. The van der Waals surface area contributed by atoms with Gasteiger partial charge in [-0.25, -0.2) is 4.39 Å². The molecule has 20 heavy (non-hydrogen) atoms. The van der Waals surface area contributed by atoms with Gasteiger partial charge in [0.25, 0.3) is 0 Å². The van der Waals surface area contributed by atoms with Gasteiger partial charge >= 0.3 is 0 Å². The van der Waals surface area contributed by atoms with Gasteiger partial charge in [-0.3, -0.25) is 4.79 Å². The van der Waals surface area contributed by atoms with Crippen LogP contribution < -0.4 is 11.1 Å². The number of rotatable bonds is 3. The Bertz CT molecular complexity index is 481. The van der Waals surface area contributed by atoms with E-state index in [0.29, 0.717) is 36.2 Å². The lowest BCUT2D eigenvalue weighted by atomic mass is 9.79. The molecule has 2 rings (SSSR count). The number of carbonyl (C=O) groups is 1. The second-order valence-corrected chi connectivity index (χ2v) is 5.53. The highest BCUT2D eigenvalue weighted by Crippen LogP contribution is 2.31. The van der Waals surface area contributed by atoms with Crippen LogP contribution in [0, 0.1) is 11.2 Å². The third kappa shape index (κ3) is 3.69. The lowest BCUT2D eigenvalue weighted by molar-refractivity contribution is -0.130. The third-order valence-electron chi connectivity index (χ3n) is 3.50. The molecule has 0 radical (unpaired) electrons. The average molecular weight is 368 g/mol. The molecule has 0 saturated carbocycles. The second-order valence-electron chi connectivity index (χ2n) is 4.68. The van der Waals surface area contributed by atoms with Crippen LogP contribution in [0.4, 0.5) is 10.1 Å². The minimum Gasteiger partial charge on any atom is -0.381 e. The maximum absolute atomic E-state index is 13.1. The maximum atomic E-state index is 13.1. The lowest BCUT2D eigenvalue weighted by Gasteiger charge is -2.34. The highest BCUT2D eigenvalue weighted by Gasteiger charge is 2.38. The van der Waals surface area contributed by atoms with Gasteiger partial charge in [-0.05, 0) is 47.0 Å². The van der Waals surface area contributed by atoms with Crippen LogP contribution >= 0.6 is 28.3 Å². The van der Waals surface area contributed by atoms with E-state index >= 15 is 0 Å². The summed E-state index contributed by atoms with van der Waals surface area (Å²) >= 11 is 3.09. The van der Waals surface area contributed by atoms with Crippen molar-refractivity contribution >= 4 is 39.9 Å². The molecule has 1 aromatic rings. The highest BCUT2D eigenvalue weighted by atomic mass is 79.9. The minimum atomic E-state index is -0.584. The van der Waals surface area contributed by atoms with Crippen LogP contribution in [0.5, 0.6) is 0 Å². The molecule has 0 unspecified atom stereocenters. The standard InChI is InChI=1S/C13H16BrFN2O2.ClH/c14-10-7-9(1-2-11(10)15)17-12(18)13(8-16)3-5-19-6-4-13;/h1-2,7H,3-6,8,16H2,(H,17,18);1H. The summed E-state index contributed by atoms with van der Waals surface area (Å²) < 4.78 is 18.7. The molecule has 1 aliphatic rings. The number of hydrogen-bond donors (Lipinski definition) is 2. The predicted octanol–water partition coefficient (Wildman–Crippen LogP) is 2.70. The topological polar surface area (TPSA) is 64.4 Å². The fourth-order valence-corrected chi connectivity index (χ4v) is 2.50. The number of anilines is 1. The van der Waals surface area contributed by atoms with Crippen molar-refractivity contribution in [3.63, 3.8) is 0 Å². The fraction of sp³-hybridized carbons (Fsp3) is 0.462. The first-order chi connectivity index (χ1) is 9.07. The number of benzene rings is 1. The molecule has 4 nitrogen and oxygen atoms in total. The van der Waals surface area contributed by atoms with Gasteiger partial charge in [0.05, 0.1) is 9.89 Å². The summed E-state index contributed by atoms with van der Waals surface area (Å²) in [6.45, 7) is 1.36. The smallest absolute Gasteiger partial charge is 0.232 e. The summed E-state index contributed by atoms with van der Waals surface area (Å²) in [7, 11) is 0. The Kier molecular flexibility index (Phi) is 6.39. The van der Waals surface area contributed by atoms with Crippen molar-refractivity contribution in [1.82, 2.24) is 0 Å². The molecule has 1 aromatic carbocycles. The quantitative estimate of drug-likeness (QED) is 0.863. The van der Waals surface area contributed by atoms with Crippen LogP contribution in [-0.4, -0.2) is 25.7 Å². The number of nitrogens with one attached hydrogen (secondary N) is 1. The van der Waals surface area contributed by atoms with Gasteiger partial charge in [0.15, 0.2) is 0 Å². The zero-order chi connectivity index (χ0) is 13.9. The van der Waals surface area contributed by atoms with E-state index in [0.717, 1.165) is 0 Å². The Hall–Kier alpha value is -0.690. The highest BCUT2D eigenvalue weighted by molar-refractivity contribution is 9.10. The molecule has 0 aromatic heterocycles. The SMILES string of the molecule is Cl.NCC1(C(=O)Nc2ccc(F)c(Br)c2)CCOCC1. The van der Waals surface area contributed by atoms with Crippen molar-refractivity contribution in [2.75, 3.05) is 25.1 Å². The molecule has 7 heteroatoms. The van der Waals surface area contributed by atoms with Crippen molar-refractivity contribution < 1.29 is 13.9 Å². The van der Waals surface area contributed by atoms with E-state index in [9.17, 15) is 9.18 Å². The van der Waals surface area contributed by atoms with E-state index in [1.807, 2.05) is 0 Å². The number of halogens is 3. The van der Waals surface area contributed by atoms with E-state index in [-0.39, 0.29) is 30.7 Å². The van der Waals surface area contributed by atoms with Gasteiger partial charge in [-0.1, -0.05) is 0 Å². The predicted molar refractivity (Wildman–Crippen MR) is 81.5 cm³/mol. The molecule has 3 N–H and O–H groups in total. The number of nitrogens with two attached hydrogens (primary N) is 1. The van der Waals surface area contributed by atoms with Crippen LogP contribution in [0.25, 0.3) is 0 Å². The molecule has 1 aliphatic heterocycles. The molecule has 1 amide bonds. The number of ether oxygens (including phenoxy) is 1. The zero-order valence-electron chi connectivity index (χ0n) is 10.8. The molecular formula is C13H17BrClFN2O2. The molecule has 0 spiro atoms. The Labute approximate surface area is 131 Å². The Morgan fingerprint density at radius 2 is 2.10 bits per heavy atom. The van der Waals surface area contributed by atoms with E-state index in [4.69, 9.17) is 10.5 Å². The van der Waals surface area contributed by atoms with Crippen LogP contribution in [0.1, 0.15) is 12.8 Å². The second kappa shape index (κ2) is 7.36. The van der Waals surface area contributed by atoms with Gasteiger partial charge in [-0.2, -0.15) is 0 Å². The van der Waals surface area contributed by atoms with Crippen LogP contribution in [-0.2, 0) is 9.53 Å². The van der Waals surface area contributed by atoms with Crippen molar-refractivity contribution in [3.8, 4) is 0 Å². The first kappa shape index (κ1) is 17.4. The van der Waals surface area contributed by atoms with Crippen molar-refractivity contribution in [3.05, 3.63) is 28.5 Å². The Balaban J connectivity index is 0.00000200. The van der Waals surface area contributed by atoms with E-state index in [2.05, 4.69) is 21.2 Å². The maximum Gasteiger partial charge on any atom is 0.232 e. The third-order valence-corrected chi connectivity index (χ3v) is 4.11. The zero-order valence-corrected chi connectivity index (χ0v) is 13.2. The van der Waals surface area contributed by atoms with Gasteiger partial charge < -0.3 is 15.8 Å². The largest absolute Gasteiger partial charge is 0.381 e. The Morgan fingerprint density at radius 3 is 2.65 bits per heavy atom. The number of hydrogen-bond acceptors (Lipinski definition) is 3. The normalized spacial score (nSPS) is 17.1. The summed E-state index contributed by atoms with van der Waals surface area (Å²) in [5.41, 5.74) is 5.73. The summed E-state index contributed by atoms with van der Waals surface area (Å²) in [4.78, 5) is 12.4. The van der Waals surface area contributed by atoms with Crippen molar-refractivity contribution in [1.29, 1.82) is 0 Å². The molecular weight excluding hydrogens is 351 g/mol. The fourth-order valence-electron chi connectivity index (χ4n) is 2.12. The minimum absolute atomic E-state index is 0. The molecule has 112 valence electrons. The average Bonchev–Trinajstić information content (AvgIpc) is 2.43. The summed E-state index contributed by atoms with van der Waals surface area (Å²) in [5.74, 6) is -0.491. The molecule has 0 atom stereocenters. The van der Waals surface area contributed by atoms with Crippen molar-refractivity contribution in [2.24, 2.45) is 11.1 Å². The molecule has 1 fully saturated rings. The van der Waals surface area contributed by atoms with Gasteiger partial charge in [-0.15, -0.1) is 12.4 Å². The number of carbonyl (C=O) groups excluding carboxylic acids is 1. The molecule has 1 saturated heterocycles. The molecule has 0 aliphatic carbocycles. The van der Waals surface area contributed by atoms with E-state index < -0.39 is 5.41 Å². The van der Waals surface area contributed by atoms with Crippen molar-refractivity contribution in [2.45, 2.75) is 12.8 Å². The van der Waals surface area contributed by atoms with Crippen LogP contribution in [0.3, 0.4) is 0 Å². The van der Waals surface area contributed by atoms with Gasteiger partial charge in [0.1, 0.15) is 5.82 Å². The van der Waals surface area contributed by atoms with Gasteiger partial charge in [0, 0.05) is 25.4 Å². The Morgan fingerprint density at radius 1 is 1.45 bits per heavy atom. The number of amides is 1. The summed E-state index contributed by atoms with van der Waals surface area (Å²) in [5, 5.41) is 2.80. The monoisotopic (exact) mass is 366 g/mol. The van der Waals surface area contributed by atoms with Crippen LogP contribution in [0.15, 0.2) is 22.7 Å². The van der Waals surface area contributed by atoms with E-state index in [1.165, 1.54) is 18.2 Å².